The van der Waals surface area contributed by atoms with Crippen LogP contribution in [0.15, 0.2) is 18.2 Å². The average Bonchev–Trinajstić information content (AvgIpc) is 2.34. The Morgan fingerprint density at radius 2 is 2.24 bits per heavy atom. The van der Waals surface area contributed by atoms with Crippen LogP contribution >= 0.6 is 0 Å². The van der Waals surface area contributed by atoms with Crippen molar-refractivity contribution in [2.75, 3.05) is 19.0 Å². The van der Waals surface area contributed by atoms with Crippen molar-refractivity contribution in [2.45, 2.75) is 19.6 Å². The molecule has 92 valence electrons. The first kappa shape index (κ1) is 11.9. The third-order valence-corrected chi connectivity index (χ3v) is 3.33. The van der Waals surface area contributed by atoms with E-state index < -0.39 is 6.30 Å². The van der Waals surface area contributed by atoms with E-state index in [4.69, 9.17) is 0 Å². The molecule has 0 fully saturated rings. The number of nitrogens with zero attached hydrogens (tertiary/aromatic N) is 1. The van der Waals surface area contributed by atoms with Gasteiger partial charge in [-0.25, -0.2) is 4.39 Å². The molecule has 0 aromatic heterocycles. The van der Waals surface area contributed by atoms with Crippen LogP contribution in [-0.4, -0.2) is 26.3 Å². The van der Waals surface area contributed by atoms with Crippen molar-refractivity contribution in [2.24, 2.45) is 5.92 Å². The molecule has 0 aliphatic carbocycles. The van der Waals surface area contributed by atoms with Gasteiger partial charge in [0.2, 0.25) is 0 Å². The highest BCUT2D eigenvalue weighted by atomic mass is 19.1. The second-order valence-electron chi connectivity index (χ2n) is 4.59. The SMILES string of the molecule is CNC(=O)c1ccc2c(c1)C[C@@H](C)[C@H](F)N2C. The van der Waals surface area contributed by atoms with Crippen molar-refractivity contribution >= 4 is 11.6 Å². The lowest BCUT2D eigenvalue weighted by Crippen LogP contribution is -2.38. The van der Waals surface area contributed by atoms with Gasteiger partial charge in [-0.2, -0.15) is 0 Å². The minimum Gasteiger partial charge on any atom is -0.355 e. The molecule has 2 rings (SSSR count). The number of hydrogen-bond acceptors (Lipinski definition) is 2. The maximum atomic E-state index is 13.8. The lowest BCUT2D eigenvalue weighted by Gasteiger charge is -2.35. The minimum atomic E-state index is -0.951. The lowest BCUT2D eigenvalue weighted by atomic mass is 9.92. The molecule has 1 heterocycles. The van der Waals surface area contributed by atoms with Gasteiger partial charge in [0.15, 0.2) is 6.30 Å². The number of carbonyl (C=O) groups excluding carboxylic acids is 1. The van der Waals surface area contributed by atoms with Crippen molar-refractivity contribution in [3.05, 3.63) is 29.3 Å². The fourth-order valence-corrected chi connectivity index (χ4v) is 2.34. The molecule has 0 saturated heterocycles. The standard InChI is InChI=1S/C13H17FN2O/c1-8-6-10-7-9(13(17)15-2)4-5-11(10)16(3)12(8)14/h4-5,7-8,12H,6H2,1-3H3,(H,15,17)/t8-,12-/m1/s1. The Balaban J connectivity index is 2.40. The summed E-state index contributed by atoms with van der Waals surface area (Å²) in [4.78, 5) is 13.2. The van der Waals surface area contributed by atoms with Crippen LogP contribution in [0.5, 0.6) is 0 Å². The lowest BCUT2D eigenvalue weighted by molar-refractivity contribution is 0.0963. The van der Waals surface area contributed by atoms with E-state index >= 15 is 0 Å². The van der Waals surface area contributed by atoms with E-state index in [-0.39, 0.29) is 11.8 Å². The second kappa shape index (κ2) is 4.35. The molecule has 1 aromatic carbocycles. The van der Waals surface area contributed by atoms with Crippen molar-refractivity contribution in [1.82, 2.24) is 5.32 Å². The van der Waals surface area contributed by atoms with Crippen LogP contribution in [0.3, 0.4) is 0 Å². The van der Waals surface area contributed by atoms with Gasteiger partial charge < -0.3 is 10.2 Å². The van der Waals surface area contributed by atoms with Crippen molar-refractivity contribution in [3.63, 3.8) is 0 Å². The van der Waals surface area contributed by atoms with Gasteiger partial charge in [-0.05, 0) is 30.2 Å². The largest absolute Gasteiger partial charge is 0.355 e. The van der Waals surface area contributed by atoms with Crippen LogP contribution in [0.25, 0.3) is 0 Å². The van der Waals surface area contributed by atoms with E-state index in [0.29, 0.717) is 12.0 Å². The maximum Gasteiger partial charge on any atom is 0.251 e. The van der Waals surface area contributed by atoms with E-state index in [9.17, 15) is 9.18 Å². The van der Waals surface area contributed by atoms with Crippen LogP contribution in [0.1, 0.15) is 22.8 Å². The maximum absolute atomic E-state index is 13.8. The summed E-state index contributed by atoms with van der Waals surface area (Å²) in [7, 11) is 3.35. The summed E-state index contributed by atoms with van der Waals surface area (Å²) < 4.78 is 13.8. The van der Waals surface area contributed by atoms with E-state index in [0.717, 1.165) is 11.3 Å². The molecular weight excluding hydrogens is 219 g/mol. The van der Waals surface area contributed by atoms with Gasteiger partial charge in [-0.3, -0.25) is 4.79 Å². The molecule has 0 bridgehead atoms. The molecule has 1 aliphatic heterocycles. The number of amides is 1. The Morgan fingerprint density at radius 3 is 2.88 bits per heavy atom. The molecule has 0 spiro atoms. The zero-order chi connectivity index (χ0) is 12.6. The third-order valence-electron chi connectivity index (χ3n) is 3.33. The Bertz CT molecular complexity index is 447. The number of hydrogen-bond donors (Lipinski definition) is 1. The Labute approximate surface area is 101 Å². The van der Waals surface area contributed by atoms with Gasteiger partial charge in [0.05, 0.1) is 0 Å². The Kier molecular flexibility index (Phi) is 3.05. The minimum absolute atomic E-state index is 0.0487. The summed E-state index contributed by atoms with van der Waals surface area (Å²) in [5, 5.41) is 2.59. The first-order chi connectivity index (χ1) is 8.04. The number of alkyl halides is 1. The van der Waals surface area contributed by atoms with E-state index in [1.165, 1.54) is 0 Å². The Hall–Kier alpha value is -1.58. The van der Waals surface area contributed by atoms with Crippen molar-refractivity contribution < 1.29 is 9.18 Å². The molecule has 4 heteroatoms. The van der Waals surface area contributed by atoms with Gasteiger partial charge in [0.25, 0.3) is 5.91 Å². The summed E-state index contributed by atoms with van der Waals surface area (Å²) in [5.41, 5.74) is 2.54. The fourth-order valence-electron chi connectivity index (χ4n) is 2.34. The summed E-state index contributed by atoms with van der Waals surface area (Å²) in [6.07, 6.45) is -0.278. The van der Waals surface area contributed by atoms with Gasteiger partial charge in [0, 0.05) is 31.3 Å². The predicted octanol–water partition coefficient (Wildman–Crippen LogP) is 1.97. The zero-order valence-electron chi connectivity index (χ0n) is 10.3. The monoisotopic (exact) mass is 236 g/mol. The highest BCUT2D eigenvalue weighted by Gasteiger charge is 2.29. The summed E-state index contributed by atoms with van der Waals surface area (Å²) >= 11 is 0. The molecule has 1 aliphatic rings. The average molecular weight is 236 g/mol. The topological polar surface area (TPSA) is 32.3 Å². The van der Waals surface area contributed by atoms with Gasteiger partial charge in [-0.15, -0.1) is 0 Å². The number of anilines is 1. The highest BCUT2D eigenvalue weighted by molar-refractivity contribution is 5.94. The molecule has 1 aromatic rings. The molecular formula is C13H17FN2O. The van der Waals surface area contributed by atoms with E-state index in [2.05, 4.69) is 5.32 Å². The Morgan fingerprint density at radius 1 is 1.53 bits per heavy atom. The number of carbonyl (C=O) groups is 1. The normalized spacial score (nSPS) is 23.2. The summed E-state index contributed by atoms with van der Waals surface area (Å²) in [5.74, 6) is -0.155. The van der Waals surface area contributed by atoms with Crippen LogP contribution in [0.4, 0.5) is 10.1 Å². The van der Waals surface area contributed by atoms with Gasteiger partial charge in [-0.1, -0.05) is 6.92 Å². The number of fused-ring (bicyclic) bond motifs is 1. The number of rotatable bonds is 1. The molecule has 0 unspecified atom stereocenters. The smallest absolute Gasteiger partial charge is 0.251 e. The van der Waals surface area contributed by atoms with Gasteiger partial charge >= 0.3 is 0 Å². The molecule has 0 radical (unpaired) electrons. The molecule has 1 amide bonds. The quantitative estimate of drug-likeness (QED) is 0.756. The van der Waals surface area contributed by atoms with Crippen LogP contribution in [-0.2, 0) is 6.42 Å². The fraction of sp³-hybridized carbons (Fsp3) is 0.462. The van der Waals surface area contributed by atoms with Crippen LogP contribution < -0.4 is 10.2 Å². The molecule has 2 atom stereocenters. The molecule has 0 saturated carbocycles. The summed E-state index contributed by atoms with van der Waals surface area (Å²) in [6.45, 7) is 1.89. The molecule has 17 heavy (non-hydrogen) atoms. The summed E-state index contributed by atoms with van der Waals surface area (Å²) in [6, 6.07) is 5.41. The number of halogens is 1. The molecule has 3 nitrogen and oxygen atoms in total. The third kappa shape index (κ3) is 1.99. The van der Waals surface area contributed by atoms with Crippen molar-refractivity contribution in [1.29, 1.82) is 0 Å². The van der Waals surface area contributed by atoms with E-state index in [1.54, 1.807) is 25.1 Å². The first-order valence-electron chi connectivity index (χ1n) is 5.76. The van der Waals surface area contributed by atoms with Crippen LogP contribution in [0.2, 0.25) is 0 Å². The van der Waals surface area contributed by atoms with E-state index in [1.807, 2.05) is 19.1 Å². The highest BCUT2D eigenvalue weighted by Crippen LogP contribution is 2.33. The predicted molar refractivity (Wildman–Crippen MR) is 66.0 cm³/mol. The second-order valence-corrected chi connectivity index (χ2v) is 4.59. The zero-order valence-corrected chi connectivity index (χ0v) is 10.3. The number of nitrogens with one attached hydrogen (secondary N) is 1. The van der Waals surface area contributed by atoms with Crippen LogP contribution in [0, 0.1) is 5.92 Å². The first-order valence-corrected chi connectivity index (χ1v) is 5.76. The number of benzene rings is 1. The molecule has 1 N–H and O–H groups in total. The van der Waals surface area contributed by atoms with Gasteiger partial charge in [0.1, 0.15) is 0 Å². The van der Waals surface area contributed by atoms with Crippen molar-refractivity contribution in [3.8, 4) is 0 Å².